The molecule has 0 amide bonds. The van der Waals surface area contributed by atoms with Crippen molar-refractivity contribution in [1.82, 2.24) is 0 Å². The first kappa shape index (κ1) is 15.1. The molecule has 19 heavy (non-hydrogen) atoms. The minimum absolute atomic E-state index is 0.0554. The molecule has 4 nitrogen and oxygen atoms in total. The molecule has 0 radical (unpaired) electrons. The van der Waals surface area contributed by atoms with Gasteiger partial charge in [0, 0.05) is 0 Å². The van der Waals surface area contributed by atoms with Gasteiger partial charge in [-0.2, -0.15) is 13.2 Å². The molecule has 0 saturated heterocycles. The smallest absolute Gasteiger partial charge is 0.422 e. The molecule has 0 aromatic heterocycles. The van der Waals surface area contributed by atoms with Gasteiger partial charge in [0.05, 0.1) is 6.61 Å². The predicted octanol–water partition coefficient (Wildman–Crippen LogP) is 2.57. The van der Waals surface area contributed by atoms with E-state index in [-0.39, 0.29) is 24.7 Å². The lowest BCUT2D eigenvalue weighted by atomic mass is 10.3. The van der Waals surface area contributed by atoms with Crippen LogP contribution in [0.25, 0.3) is 0 Å². The number of carbonyl (C=O) groups is 1. The Balaban J connectivity index is 2.60. The highest BCUT2D eigenvalue weighted by atomic mass is 19.4. The summed E-state index contributed by atoms with van der Waals surface area (Å²) in [6.45, 7) is 0.0275. The van der Waals surface area contributed by atoms with Gasteiger partial charge in [0.2, 0.25) is 0 Å². The van der Waals surface area contributed by atoms with Gasteiger partial charge in [-0.05, 0) is 19.1 Å². The largest absolute Gasteiger partial charge is 0.480 e. The number of benzene rings is 1. The van der Waals surface area contributed by atoms with E-state index in [0.29, 0.717) is 0 Å². The van der Waals surface area contributed by atoms with Crippen LogP contribution in [-0.4, -0.2) is 32.0 Å². The molecule has 0 bridgehead atoms. The van der Waals surface area contributed by atoms with Crippen molar-refractivity contribution in [3.05, 3.63) is 24.3 Å². The summed E-state index contributed by atoms with van der Waals surface area (Å²) < 4.78 is 50.4. The van der Waals surface area contributed by atoms with Gasteiger partial charge in [0.25, 0.3) is 0 Å². The lowest BCUT2D eigenvalue weighted by molar-refractivity contribution is -0.154. The Morgan fingerprint density at radius 1 is 1.16 bits per heavy atom. The Labute approximate surface area is 108 Å². The van der Waals surface area contributed by atoms with Crippen LogP contribution < -0.4 is 9.47 Å². The Kier molecular flexibility index (Phi) is 5.47. The number of hydrogen-bond donors (Lipinski definition) is 0. The zero-order valence-electron chi connectivity index (χ0n) is 10.2. The lowest BCUT2D eigenvalue weighted by Crippen LogP contribution is -2.20. The summed E-state index contributed by atoms with van der Waals surface area (Å²) in [4.78, 5) is 11.1. The second-order valence-electron chi connectivity index (χ2n) is 3.44. The third-order valence-corrected chi connectivity index (χ3v) is 1.89. The Hall–Kier alpha value is -1.92. The van der Waals surface area contributed by atoms with E-state index in [0.717, 1.165) is 0 Å². The van der Waals surface area contributed by atoms with Crippen LogP contribution in [0.4, 0.5) is 13.2 Å². The normalized spacial score (nSPS) is 10.9. The fourth-order valence-corrected chi connectivity index (χ4v) is 1.19. The third-order valence-electron chi connectivity index (χ3n) is 1.89. The van der Waals surface area contributed by atoms with Crippen LogP contribution in [0.2, 0.25) is 0 Å². The van der Waals surface area contributed by atoms with Crippen LogP contribution in [0.1, 0.15) is 6.92 Å². The molecule has 0 atom stereocenters. The summed E-state index contributed by atoms with van der Waals surface area (Å²) >= 11 is 0. The number of esters is 1. The maximum Gasteiger partial charge on any atom is 0.422 e. The van der Waals surface area contributed by atoms with Crippen molar-refractivity contribution >= 4 is 5.97 Å². The highest BCUT2D eigenvalue weighted by molar-refractivity contribution is 5.71. The zero-order chi connectivity index (χ0) is 14.3. The average Bonchev–Trinajstić information content (AvgIpc) is 2.34. The van der Waals surface area contributed by atoms with E-state index in [2.05, 4.69) is 9.47 Å². The minimum atomic E-state index is -4.44. The number of ether oxygens (including phenoxy) is 3. The van der Waals surface area contributed by atoms with Gasteiger partial charge in [-0.25, -0.2) is 4.79 Å². The van der Waals surface area contributed by atoms with Gasteiger partial charge in [-0.1, -0.05) is 12.1 Å². The Bertz CT molecular complexity index is 418. The molecule has 0 fully saturated rings. The van der Waals surface area contributed by atoms with E-state index in [1.165, 1.54) is 18.2 Å². The van der Waals surface area contributed by atoms with Crippen LogP contribution in [-0.2, 0) is 9.53 Å². The first-order valence-electron chi connectivity index (χ1n) is 5.49. The zero-order valence-corrected chi connectivity index (χ0v) is 10.2. The molecule has 0 spiro atoms. The van der Waals surface area contributed by atoms with Gasteiger partial charge >= 0.3 is 12.1 Å². The summed E-state index contributed by atoms with van der Waals surface area (Å²) in [5, 5.41) is 0. The second kappa shape index (κ2) is 6.86. The highest BCUT2D eigenvalue weighted by Gasteiger charge is 2.29. The number of rotatable bonds is 6. The first-order valence-corrected chi connectivity index (χ1v) is 5.49. The fraction of sp³-hybridized carbons (Fsp3) is 0.417. The number of para-hydroxylation sites is 2. The summed E-state index contributed by atoms with van der Waals surface area (Å²) in [7, 11) is 0. The molecule has 0 saturated carbocycles. The number of carbonyl (C=O) groups excluding carboxylic acids is 1. The van der Waals surface area contributed by atoms with Crippen LogP contribution >= 0.6 is 0 Å². The van der Waals surface area contributed by atoms with Crippen molar-refractivity contribution in [2.24, 2.45) is 0 Å². The Morgan fingerprint density at radius 2 is 1.74 bits per heavy atom. The van der Waals surface area contributed by atoms with Crippen molar-refractivity contribution in [3.8, 4) is 11.5 Å². The van der Waals surface area contributed by atoms with Crippen LogP contribution in [0.15, 0.2) is 24.3 Å². The maximum absolute atomic E-state index is 12.0. The van der Waals surface area contributed by atoms with Crippen molar-refractivity contribution < 1.29 is 32.2 Å². The van der Waals surface area contributed by atoms with Crippen molar-refractivity contribution in [1.29, 1.82) is 0 Å². The molecule has 0 aliphatic rings. The van der Waals surface area contributed by atoms with E-state index in [9.17, 15) is 18.0 Å². The molecule has 1 aromatic carbocycles. The fourth-order valence-electron chi connectivity index (χ4n) is 1.19. The second-order valence-corrected chi connectivity index (χ2v) is 3.44. The molecule has 0 aliphatic heterocycles. The molecule has 106 valence electrons. The topological polar surface area (TPSA) is 44.8 Å². The lowest BCUT2D eigenvalue weighted by Gasteiger charge is -2.13. The number of hydrogen-bond acceptors (Lipinski definition) is 4. The van der Waals surface area contributed by atoms with Gasteiger partial charge in [0.15, 0.2) is 24.7 Å². The van der Waals surface area contributed by atoms with Gasteiger partial charge in [-0.3, -0.25) is 0 Å². The summed E-state index contributed by atoms with van der Waals surface area (Å²) in [5.74, 6) is -0.628. The quantitative estimate of drug-likeness (QED) is 0.750. The standard InChI is InChI=1S/C12H13F3O4/c1-2-17-11(16)7-18-9-5-3-4-6-10(9)19-8-12(13,14)15/h3-6H,2,7-8H2,1H3. The SMILES string of the molecule is CCOC(=O)COc1ccccc1OCC(F)(F)F. The first-order chi connectivity index (χ1) is 8.92. The maximum atomic E-state index is 12.0. The summed E-state index contributed by atoms with van der Waals surface area (Å²) in [5.41, 5.74) is 0. The summed E-state index contributed by atoms with van der Waals surface area (Å²) in [6.07, 6.45) is -4.44. The number of alkyl halides is 3. The molecular formula is C12H13F3O4. The van der Waals surface area contributed by atoms with Gasteiger partial charge in [0.1, 0.15) is 0 Å². The van der Waals surface area contributed by atoms with Crippen molar-refractivity contribution in [3.63, 3.8) is 0 Å². The van der Waals surface area contributed by atoms with Crippen LogP contribution in [0.3, 0.4) is 0 Å². The van der Waals surface area contributed by atoms with Gasteiger partial charge < -0.3 is 14.2 Å². The van der Waals surface area contributed by atoms with E-state index >= 15 is 0 Å². The monoisotopic (exact) mass is 278 g/mol. The molecule has 7 heteroatoms. The third kappa shape index (κ3) is 5.98. The predicted molar refractivity (Wildman–Crippen MR) is 60.1 cm³/mol. The van der Waals surface area contributed by atoms with Crippen molar-refractivity contribution in [2.75, 3.05) is 19.8 Å². The van der Waals surface area contributed by atoms with Crippen LogP contribution in [0.5, 0.6) is 11.5 Å². The van der Waals surface area contributed by atoms with Crippen LogP contribution in [0, 0.1) is 0 Å². The molecule has 0 unspecified atom stereocenters. The highest BCUT2D eigenvalue weighted by Crippen LogP contribution is 2.28. The molecule has 1 rings (SSSR count). The number of halogens is 3. The van der Waals surface area contributed by atoms with E-state index in [1.54, 1.807) is 13.0 Å². The molecule has 0 aliphatic carbocycles. The molecule has 0 N–H and O–H groups in total. The van der Waals surface area contributed by atoms with E-state index in [4.69, 9.17) is 4.74 Å². The van der Waals surface area contributed by atoms with E-state index in [1.807, 2.05) is 0 Å². The average molecular weight is 278 g/mol. The molecule has 1 aromatic rings. The molecule has 0 heterocycles. The van der Waals surface area contributed by atoms with Gasteiger partial charge in [-0.15, -0.1) is 0 Å². The van der Waals surface area contributed by atoms with E-state index < -0.39 is 18.8 Å². The molecular weight excluding hydrogens is 265 g/mol. The Morgan fingerprint density at radius 3 is 2.26 bits per heavy atom. The summed E-state index contributed by atoms with van der Waals surface area (Å²) in [6, 6.07) is 5.79. The van der Waals surface area contributed by atoms with Crippen molar-refractivity contribution in [2.45, 2.75) is 13.1 Å². The minimum Gasteiger partial charge on any atom is -0.480 e.